The smallest absolute Gasteiger partial charge is 0.394 e. The number of fused-ring (bicyclic) bond motifs is 1. The molecular weight excluding hydrogens is 235 g/mol. The van der Waals surface area contributed by atoms with Crippen LogP contribution < -0.4 is 0 Å². The van der Waals surface area contributed by atoms with Crippen LogP contribution in [0.4, 0.5) is 13.2 Å². The maximum absolute atomic E-state index is 13.1. The highest BCUT2D eigenvalue weighted by Crippen LogP contribution is 2.69. The Morgan fingerprint density at radius 3 is 2.71 bits per heavy atom. The Balaban J connectivity index is 2.17. The molecule has 6 heteroatoms. The van der Waals surface area contributed by atoms with Gasteiger partial charge in [-0.2, -0.15) is 18.4 Å². The largest absolute Gasteiger partial charge is 0.460 e. The molecule has 0 radical (unpaired) electrons. The maximum Gasteiger partial charge on any atom is 0.394 e. The lowest BCUT2D eigenvalue weighted by atomic mass is 9.65. The molecule has 17 heavy (non-hydrogen) atoms. The van der Waals surface area contributed by atoms with Crippen LogP contribution in [-0.4, -0.2) is 18.2 Å². The highest BCUT2D eigenvalue weighted by Gasteiger charge is 2.80. The lowest BCUT2D eigenvalue weighted by Crippen LogP contribution is -2.48. The van der Waals surface area contributed by atoms with Crippen LogP contribution in [0.1, 0.15) is 13.3 Å². The third-order valence-electron chi connectivity index (χ3n) is 4.74. The normalized spacial score (nSPS) is 51.5. The number of rotatable bonds is 0. The molecule has 0 N–H and O–H groups in total. The number of nitriles is 1. The van der Waals surface area contributed by atoms with Crippen LogP contribution in [0.3, 0.4) is 0 Å². The number of nitrogens with zero attached hydrogens (tertiary/aromatic N) is 1. The van der Waals surface area contributed by atoms with Gasteiger partial charge in [0.2, 0.25) is 0 Å². The number of hydrogen-bond acceptors (Lipinski definition) is 3. The minimum atomic E-state index is -4.52. The number of carbonyl (C=O) groups is 1. The summed E-state index contributed by atoms with van der Waals surface area (Å²) in [6.45, 7) is 1.67. The molecule has 3 nitrogen and oxygen atoms in total. The second-order valence-corrected chi connectivity index (χ2v) is 5.24. The minimum Gasteiger partial charge on any atom is -0.460 e. The molecule has 3 rings (SSSR count). The zero-order valence-corrected chi connectivity index (χ0v) is 8.99. The lowest BCUT2D eigenvalue weighted by Gasteiger charge is -2.35. The molecule has 92 valence electrons. The van der Waals surface area contributed by atoms with Crippen molar-refractivity contribution in [2.24, 2.45) is 29.1 Å². The fourth-order valence-corrected chi connectivity index (χ4v) is 4.09. The number of halogens is 3. The van der Waals surface area contributed by atoms with E-state index in [0.29, 0.717) is 0 Å². The third-order valence-corrected chi connectivity index (χ3v) is 4.74. The fourth-order valence-electron chi connectivity index (χ4n) is 4.09. The Kier molecular flexibility index (Phi) is 1.77. The predicted molar refractivity (Wildman–Crippen MR) is 48.2 cm³/mol. The van der Waals surface area contributed by atoms with Crippen LogP contribution >= 0.6 is 0 Å². The van der Waals surface area contributed by atoms with Gasteiger partial charge >= 0.3 is 12.1 Å². The van der Waals surface area contributed by atoms with E-state index in [1.54, 1.807) is 13.0 Å². The summed E-state index contributed by atoms with van der Waals surface area (Å²) in [5.41, 5.74) is -1.97. The van der Waals surface area contributed by atoms with E-state index in [4.69, 9.17) is 10.00 Å². The summed E-state index contributed by atoms with van der Waals surface area (Å²) in [7, 11) is 0. The standard InChI is InChI=1S/C11H10F3NO2/c1-4-5-2-6-7(4)17-9(16)10(6,3-15)8(5)11(12,13)14/h4-8H,2H2,1H3. The van der Waals surface area contributed by atoms with Gasteiger partial charge in [-0.1, -0.05) is 6.92 Å². The van der Waals surface area contributed by atoms with Gasteiger partial charge in [-0.15, -0.1) is 0 Å². The van der Waals surface area contributed by atoms with Gasteiger partial charge in [0.25, 0.3) is 0 Å². The fraction of sp³-hybridized carbons (Fsp3) is 0.818. The number of esters is 1. The van der Waals surface area contributed by atoms with Gasteiger partial charge in [0.15, 0.2) is 5.41 Å². The van der Waals surface area contributed by atoms with Gasteiger partial charge in [0, 0.05) is 5.92 Å². The van der Waals surface area contributed by atoms with Crippen molar-refractivity contribution >= 4 is 5.97 Å². The molecule has 3 aliphatic rings. The van der Waals surface area contributed by atoms with Crippen molar-refractivity contribution in [1.82, 2.24) is 0 Å². The average molecular weight is 245 g/mol. The van der Waals surface area contributed by atoms with Crippen molar-refractivity contribution in [3.8, 4) is 6.07 Å². The number of carbonyl (C=O) groups excluding carboxylic acids is 1. The highest BCUT2D eigenvalue weighted by molar-refractivity contribution is 5.85. The molecule has 2 bridgehead atoms. The zero-order chi connectivity index (χ0) is 12.6. The van der Waals surface area contributed by atoms with Crippen molar-refractivity contribution in [2.75, 3.05) is 0 Å². The van der Waals surface area contributed by atoms with E-state index in [1.807, 2.05) is 0 Å². The summed E-state index contributed by atoms with van der Waals surface area (Å²) < 4.78 is 44.3. The first-order valence-corrected chi connectivity index (χ1v) is 5.53. The van der Waals surface area contributed by atoms with Gasteiger partial charge in [-0.3, -0.25) is 4.79 Å². The Bertz CT molecular complexity index is 441. The molecule has 2 aliphatic carbocycles. The van der Waals surface area contributed by atoms with Crippen LogP contribution in [0.15, 0.2) is 0 Å². The summed E-state index contributed by atoms with van der Waals surface area (Å²) in [4.78, 5) is 11.7. The highest BCUT2D eigenvalue weighted by atomic mass is 19.4. The Morgan fingerprint density at radius 2 is 2.18 bits per heavy atom. The van der Waals surface area contributed by atoms with E-state index in [1.165, 1.54) is 0 Å². The van der Waals surface area contributed by atoms with Crippen molar-refractivity contribution in [3.63, 3.8) is 0 Å². The molecule has 6 atom stereocenters. The van der Waals surface area contributed by atoms with E-state index in [9.17, 15) is 18.0 Å². The molecular formula is C11H10F3NO2. The van der Waals surface area contributed by atoms with Crippen molar-refractivity contribution in [1.29, 1.82) is 5.26 Å². The quantitative estimate of drug-likeness (QED) is 0.612. The molecule has 1 saturated heterocycles. The minimum absolute atomic E-state index is 0.273. The van der Waals surface area contributed by atoms with Gasteiger partial charge < -0.3 is 4.74 Å². The van der Waals surface area contributed by atoms with Crippen LogP contribution in [0.25, 0.3) is 0 Å². The number of alkyl halides is 3. The van der Waals surface area contributed by atoms with Crippen molar-refractivity contribution in [3.05, 3.63) is 0 Å². The topological polar surface area (TPSA) is 50.1 Å². The van der Waals surface area contributed by atoms with Crippen molar-refractivity contribution in [2.45, 2.75) is 25.6 Å². The molecule has 0 amide bonds. The maximum atomic E-state index is 13.1. The van der Waals surface area contributed by atoms with E-state index >= 15 is 0 Å². The second kappa shape index (κ2) is 2.77. The van der Waals surface area contributed by atoms with E-state index in [0.717, 1.165) is 0 Å². The van der Waals surface area contributed by atoms with Crippen LogP contribution in [0.5, 0.6) is 0 Å². The van der Waals surface area contributed by atoms with Crippen LogP contribution in [-0.2, 0) is 9.53 Å². The first-order valence-electron chi connectivity index (χ1n) is 5.53. The molecule has 0 aromatic rings. The summed E-state index contributed by atoms with van der Waals surface area (Å²) in [5.74, 6) is -4.36. The van der Waals surface area contributed by atoms with Gasteiger partial charge in [0.1, 0.15) is 6.10 Å². The monoisotopic (exact) mass is 245 g/mol. The first kappa shape index (κ1) is 10.9. The second-order valence-electron chi connectivity index (χ2n) is 5.24. The molecule has 1 heterocycles. The zero-order valence-electron chi connectivity index (χ0n) is 8.99. The first-order chi connectivity index (χ1) is 7.84. The summed E-state index contributed by atoms with van der Waals surface area (Å²) >= 11 is 0. The Labute approximate surface area is 95.5 Å². The Morgan fingerprint density at radius 1 is 1.53 bits per heavy atom. The van der Waals surface area contributed by atoms with E-state index in [2.05, 4.69) is 0 Å². The van der Waals surface area contributed by atoms with E-state index in [-0.39, 0.29) is 12.3 Å². The molecule has 3 fully saturated rings. The predicted octanol–water partition coefficient (Wildman–Crippen LogP) is 1.89. The number of hydrogen-bond donors (Lipinski definition) is 0. The summed E-state index contributed by atoms with van der Waals surface area (Å²) in [5, 5.41) is 9.10. The summed E-state index contributed by atoms with van der Waals surface area (Å²) in [6, 6.07) is 1.63. The molecule has 2 saturated carbocycles. The van der Waals surface area contributed by atoms with E-state index < -0.39 is 41.4 Å². The lowest BCUT2D eigenvalue weighted by molar-refractivity contribution is -0.212. The molecule has 6 unspecified atom stereocenters. The third kappa shape index (κ3) is 0.969. The summed E-state index contributed by atoms with van der Waals surface area (Å²) in [6.07, 6.45) is -4.74. The van der Waals surface area contributed by atoms with Gasteiger partial charge in [0.05, 0.1) is 12.0 Å². The van der Waals surface area contributed by atoms with Gasteiger partial charge in [-0.05, 0) is 18.3 Å². The Hall–Kier alpha value is -1.25. The molecule has 0 spiro atoms. The van der Waals surface area contributed by atoms with Gasteiger partial charge in [-0.25, -0.2) is 0 Å². The van der Waals surface area contributed by atoms with Crippen LogP contribution in [0, 0.1) is 40.4 Å². The van der Waals surface area contributed by atoms with Crippen LogP contribution in [0.2, 0.25) is 0 Å². The molecule has 1 aliphatic heterocycles. The SMILES string of the molecule is CC1C2CC3C1OC(=O)C3(C#N)C2C(F)(F)F. The number of ether oxygens (including phenoxy) is 1. The molecule has 0 aromatic carbocycles. The average Bonchev–Trinajstić information content (AvgIpc) is 2.77. The molecule has 0 aromatic heterocycles. The van der Waals surface area contributed by atoms with Crippen molar-refractivity contribution < 1.29 is 22.7 Å².